The molecule has 3 heterocycles. The van der Waals surface area contributed by atoms with Gasteiger partial charge in [-0.3, -0.25) is 4.79 Å². The zero-order valence-corrected chi connectivity index (χ0v) is 17.6. The summed E-state index contributed by atoms with van der Waals surface area (Å²) in [6, 6.07) is 15.1. The van der Waals surface area contributed by atoms with Crippen molar-refractivity contribution in [2.45, 2.75) is 26.7 Å². The molecule has 0 saturated carbocycles. The van der Waals surface area contributed by atoms with Gasteiger partial charge in [0.2, 0.25) is 5.95 Å². The van der Waals surface area contributed by atoms with Gasteiger partial charge in [0.15, 0.2) is 5.76 Å². The van der Waals surface area contributed by atoms with Gasteiger partial charge in [0.1, 0.15) is 5.52 Å². The third-order valence-electron chi connectivity index (χ3n) is 5.66. The third kappa shape index (κ3) is 3.63. The number of nitrogens with one attached hydrogen (secondary N) is 1. The molecule has 0 radical (unpaired) electrons. The normalized spacial score (nSPS) is 13.7. The molecule has 7 heteroatoms. The van der Waals surface area contributed by atoms with E-state index in [-0.39, 0.29) is 5.91 Å². The Morgan fingerprint density at radius 1 is 1.00 bits per heavy atom. The van der Waals surface area contributed by atoms with E-state index in [2.05, 4.69) is 25.3 Å². The fraction of sp³-hybridized carbons (Fsp3) is 0.250. The van der Waals surface area contributed by atoms with Crippen LogP contribution in [0.2, 0.25) is 0 Å². The first-order chi connectivity index (χ1) is 15.1. The van der Waals surface area contributed by atoms with Crippen molar-refractivity contribution in [3.8, 4) is 11.3 Å². The van der Waals surface area contributed by atoms with Gasteiger partial charge in [-0.15, -0.1) is 0 Å². The summed E-state index contributed by atoms with van der Waals surface area (Å²) < 4.78 is 5.55. The molecule has 2 aromatic heterocycles. The fourth-order valence-corrected chi connectivity index (χ4v) is 4.00. The molecule has 7 nitrogen and oxygen atoms in total. The standard InChI is InChI=1S/C24H23N5O2/c1-15-21(16(2)26-24(25-15)29-12-6-7-13-29)27-23(30)18-10-11-20-19(14-18)22(31-28-20)17-8-4-3-5-9-17/h3-5,8-11,14H,6-7,12-13H2,1-2H3,(H,27,30). The highest BCUT2D eigenvalue weighted by Crippen LogP contribution is 2.30. The smallest absolute Gasteiger partial charge is 0.255 e. The molecule has 4 aromatic rings. The quantitative estimate of drug-likeness (QED) is 0.520. The second-order valence-electron chi connectivity index (χ2n) is 7.83. The van der Waals surface area contributed by atoms with Gasteiger partial charge in [-0.05, 0) is 44.9 Å². The van der Waals surface area contributed by atoms with E-state index in [9.17, 15) is 4.79 Å². The van der Waals surface area contributed by atoms with Gasteiger partial charge in [-0.25, -0.2) is 9.97 Å². The van der Waals surface area contributed by atoms with E-state index < -0.39 is 0 Å². The Hall–Kier alpha value is -3.74. The van der Waals surface area contributed by atoms with Crippen LogP contribution in [0.5, 0.6) is 0 Å². The topological polar surface area (TPSA) is 84.2 Å². The first-order valence-corrected chi connectivity index (χ1v) is 10.5. The number of carbonyl (C=O) groups excluding carboxylic acids is 1. The van der Waals surface area contributed by atoms with E-state index in [1.165, 1.54) is 0 Å². The molecular formula is C24H23N5O2. The minimum absolute atomic E-state index is 0.217. The molecule has 0 aliphatic carbocycles. The Morgan fingerprint density at radius 2 is 1.71 bits per heavy atom. The Bertz CT molecular complexity index is 1240. The Balaban J connectivity index is 1.44. The van der Waals surface area contributed by atoms with Crippen LogP contribution >= 0.6 is 0 Å². The van der Waals surface area contributed by atoms with Crippen molar-refractivity contribution in [3.63, 3.8) is 0 Å². The van der Waals surface area contributed by atoms with Crippen LogP contribution in [-0.2, 0) is 0 Å². The largest absolute Gasteiger partial charge is 0.355 e. The van der Waals surface area contributed by atoms with Crippen molar-refractivity contribution in [2.24, 2.45) is 0 Å². The van der Waals surface area contributed by atoms with Crippen molar-refractivity contribution < 1.29 is 9.32 Å². The lowest BCUT2D eigenvalue weighted by Gasteiger charge is -2.18. The predicted molar refractivity (Wildman–Crippen MR) is 120 cm³/mol. The first kappa shape index (κ1) is 19.2. The Labute approximate surface area is 180 Å². The molecule has 2 aromatic carbocycles. The molecule has 1 aliphatic heterocycles. The molecule has 0 unspecified atom stereocenters. The summed E-state index contributed by atoms with van der Waals surface area (Å²) in [6.07, 6.45) is 2.33. The molecule has 31 heavy (non-hydrogen) atoms. The van der Waals surface area contributed by atoms with Crippen molar-refractivity contribution in [3.05, 3.63) is 65.5 Å². The molecule has 1 fully saturated rings. The number of benzene rings is 2. The number of nitrogens with zero attached hydrogens (tertiary/aromatic N) is 4. The van der Waals surface area contributed by atoms with Crippen LogP contribution in [0.3, 0.4) is 0 Å². The Morgan fingerprint density at radius 3 is 2.42 bits per heavy atom. The molecular weight excluding hydrogens is 390 g/mol. The van der Waals surface area contributed by atoms with Gasteiger partial charge in [0, 0.05) is 24.2 Å². The fourth-order valence-electron chi connectivity index (χ4n) is 4.00. The molecule has 1 amide bonds. The highest BCUT2D eigenvalue weighted by atomic mass is 16.5. The number of hydrogen-bond donors (Lipinski definition) is 1. The number of rotatable bonds is 4. The number of aryl methyl sites for hydroxylation is 2. The predicted octanol–water partition coefficient (Wildman–Crippen LogP) is 4.75. The lowest BCUT2D eigenvalue weighted by atomic mass is 10.1. The monoisotopic (exact) mass is 413 g/mol. The maximum Gasteiger partial charge on any atom is 0.255 e. The lowest BCUT2D eigenvalue weighted by molar-refractivity contribution is 0.102. The number of amides is 1. The second-order valence-corrected chi connectivity index (χ2v) is 7.83. The molecule has 0 spiro atoms. The second kappa shape index (κ2) is 7.83. The van der Waals surface area contributed by atoms with E-state index in [1.54, 1.807) is 12.1 Å². The van der Waals surface area contributed by atoms with Crippen LogP contribution in [0.25, 0.3) is 22.2 Å². The Kier molecular flexibility index (Phi) is 4.86. The van der Waals surface area contributed by atoms with Crippen LogP contribution in [-0.4, -0.2) is 34.1 Å². The number of carbonyl (C=O) groups is 1. The summed E-state index contributed by atoms with van der Waals surface area (Å²) in [7, 11) is 0. The zero-order valence-electron chi connectivity index (χ0n) is 17.6. The summed E-state index contributed by atoms with van der Waals surface area (Å²) in [5, 5.41) is 7.92. The molecule has 1 aliphatic rings. The van der Waals surface area contributed by atoms with E-state index in [4.69, 9.17) is 4.52 Å². The molecule has 0 bridgehead atoms. The van der Waals surface area contributed by atoms with Crippen LogP contribution in [0.4, 0.5) is 11.6 Å². The SMILES string of the molecule is Cc1nc(N2CCCC2)nc(C)c1NC(=O)c1ccc2noc(-c3ccccc3)c2c1. The molecule has 1 saturated heterocycles. The van der Waals surface area contributed by atoms with E-state index >= 15 is 0 Å². The molecule has 156 valence electrons. The summed E-state index contributed by atoms with van der Waals surface area (Å²) >= 11 is 0. The van der Waals surface area contributed by atoms with Gasteiger partial charge in [0.05, 0.1) is 22.5 Å². The van der Waals surface area contributed by atoms with Crippen LogP contribution in [0.15, 0.2) is 53.1 Å². The number of anilines is 2. The third-order valence-corrected chi connectivity index (χ3v) is 5.66. The minimum atomic E-state index is -0.217. The summed E-state index contributed by atoms with van der Waals surface area (Å²) in [6.45, 7) is 5.77. The van der Waals surface area contributed by atoms with Gasteiger partial charge >= 0.3 is 0 Å². The van der Waals surface area contributed by atoms with Crippen molar-refractivity contribution in [1.29, 1.82) is 0 Å². The number of fused-ring (bicyclic) bond motifs is 1. The highest BCUT2D eigenvalue weighted by Gasteiger charge is 2.19. The average Bonchev–Trinajstić information content (AvgIpc) is 3.46. The molecule has 5 rings (SSSR count). The van der Waals surface area contributed by atoms with E-state index in [0.29, 0.717) is 22.5 Å². The summed E-state index contributed by atoms with van der Waals surface area (Å²) in [4.78, 5) is 24.5. The van der Waals surface area contributed by atoms with Crippen LogP contribution in [0, 0.1) is 13.8 Å². The van der Waals surface area contributed by atoms with E-state index in [0.717, 1.165) is 54.2 Å². The lowest BCUT2D eigenvalue weighted by Crippen LogP contribution is -2.22. The van der Waals surface area contributed by atoms with Crippen molar-refractivity contribution >= 4 is 28.4 Å². The average molecular weight is 413 g/mol. The van der Waals surface area contributed by atoms with E-state index in [1.807, 2.05) is 50.2 Å². The minimum Gasteiger partial charge on any atom is -0.355 e. The zero-order chi connectivity index (χ0) is 21.4. The van der Waals surface area contributed by atoms with Crippen LogP contribution in [0.1, 0.15) is 34.6 Å². The van der Waals surface area contributed by atoms with Crippen LogP contribution < -0.4 is 10.2 Å². The first-order valence-electron chi connectivity index (χ1n) is 10.5. The highest BCUT2D eigenvalue weighted by molar-refractivity contribution is 6.07. The molecule has 1 N–H and O–H groups in total. The molecule has 0 atom stereocenters. The summed E-state index contributed by atoms with van der Waals surface area (Å²) in [5.74, 6) is 1.17. The number of hydrogen-bond acceptors (Lipinski definition) is 6. The van der Waals surface area contributed by atoms with Gasteiger partial charge in [-0.2, -0.15) is 0 Å². The van der Waals surface area contributed by atoms with Crippen molar-refractivity contribution in [1.82, 2.24) is 15.1 Å². The number of aromatic nitrogens is 3. The van der Waals surface area contributed by atoms with Gasteiger partial charge < -0.3 is 14.7 Å². The maximum absolute atomic E-state index is 13.0. The maximum atomic E-state index is 13.0. The van der Waals surface area contributed by atoms with Crippen molar-refractivity contribution in [2.75, 3.05) is 23.3 Å². The van der Waals surface area contributed by atoms with Gasteiger partial charge in [-0.1, -0.05) is 35.5 Å². The van der Waals surface area contributed by atoms with Gasteiger partial charge in [0.25, 0.3) is 5.91 Å². The summed E-state index contributed by atoms with van der Waals surface area (Å²) in [5.41, 5.74) is 4.33.